The van der Waals surface area contributed by atoms with Gasteiger partial charge in [0.15, 0.2) is 0 Å². The Balaban J connectivity index is 2.10. The molecule has 2 aromatic rings. The fourth-order valence-electron chi connectivity index (χ4n) is 1.63. The number of amides is 1. The molecule has 2 nitrogen and oxygen atoms in total. The zero-order chi connectivity index (χ0) is 13.8. The Morgan fingerprint density at radius 2 is 2.00 bits per heavy atom. The van der Waals surface area contributed by atoms with Gasteiger partial charge in [0.05, 0.1) is 5.56 Å². The van der Waals surface area contributed by atoms with Crippen molar-refractivity contribution in [1.29, 1.82) is 0 Å². The molecular weight excluding hydrogens is 424 g/mol. The molecule has 5 heteroatoms. The van der Waals surface area contributed by atoms with Crippen molar-refractivity contribution in [3.05, 3.63) is 67.5 Å². The van der Waals surface area contributed by atoms with Gasteiger partial charge in [-0.2, -0.15) is 0 Å². The Kier molecular flexibility index (Phi) is 4.93. The van der Waals surface area contributed by atoms with Crippen LogP contribution in [0.3, 0.4) is 0 Å². The largest absolute Gasteiger partial charge is 0.348 e. The molecule has 0 aliphatic rings. The van der Waals surface area contributed by atoms with E-state index < -0.39 is 11.7 Å². The summed E-state index contributed by atoms with van der Waals surface area (Å²) in [5, 5.41) is 2.72. The van der Waals surface area contributed by atoms with Crippen LogP contribution in [0.5, 0.6) is 0 Å². The predicted molar refractivity (Wildman–Crippen MR) is 84.4 cm³/mol. The van der Waals surface area contributed by atoms with Crippen LogP contribution in [0.15, 0.2) is 46.9 Å². The second-order valence-corrected chi connectivity index (χ2v) is 5.99. The normalized spacial score (nSPS) is 10.3. The first kappa shape index (κ1) is 14.5. The third kappa shape index (κ3) is 3.76. The van der Waals surface area contributed by atoms with Gasteiger partial charge < -0.3 is 5.32 Å². The molecule has 1 N–H and O–H groups in total. The van der Waals surface area contributed by atoms with Crippen LogP contribution >= 0.6 is 38.5 Å². The van der Waals surface area contributed by atoms with E-state index in [1.807, 2.05) is 46.9 Å². The lowest BCUT2D eigenvalue weighted by Crippen LogP contribution is -2.24. The van der Waals surface area contributed by atoms with E-state index in [9.17, 15) is 9.18 Å². The summed E-state index contributed by atoms with van der Waals surface area (Å²) in [6.07, 6.45) is 0. The molecule has 98 valence electrons. The second-order valence-electron chi connectivity index (χ2n) is 3.91. The minimum Gasteiger partial charge on any atom is -0.348 e. The maximum atomic E-state index is 13.6. The van der Waals surface area contributed by atoms with Gasteiger partial charge in [0.25, 0.3) is 5.91 Å². The molecule has 2 rings (SSSR count). The number of halogens is 3. The molecule has 0 aromatic heterocycles. The average molecular weight is 434 g/mol. The lowest BCUT2D eigenvalue weighted by Gasteiger charge is -2.08. The molecule has 0 bridgehead atoms. The van der Waals surface area contributed by atoms with Gasteiger partial charge >= 0.3 is 0 Å². The lowest BCUT2D eigenvalue weighted by molar-refractivity contribution is 0.0946. The van der Waals surface area contributed by atoms with E-state index in [1.165, 1.54) is 6.07 Å². The molecule has 0 radical (unpaired) electrons. The number of hydrogen-bond acceptors (Lipinski definition) is 1. The van der Waals surface area contributed by atoms with E-state index in [4.69, 9.17) is 0 Å². The zero-order valence-corrected chi connectivity index (χ0v) is 13.5. The number of carbonyl (C=O) groups excluding carboxylic acids is 1. The van der Waals surface area contributed by atoms with Gasteiger partial charge in [-0.3, -0.25) is 4.79 Å². The molecule has 19 heavy (non-hydrogen) atoms. The van der Waals surface area contributed by atoms with Crippen LogP contribution in [0.25, 0.3) is 0 Å². The summed E-state index contributed by atoms with van der Waals surface area (Å²) in [5.74, 6) is -0.902. The van der Waals surface area contributed by atoms with Gasteiger partial charge in [-0.1, -0.05) is 34.1 Å². The highest BCUT2D eigenvalue weighted by atomic mass is 127. The van der Waals surface area contributed by atoms with Crippen LogP contribution in [0, 0.1) is 9.39 Å². The average Bonchev–Trinajstić information content (AvgIpc) is 2.36. The fraction of sp³-hybridized carbons (Fsp3) is 0.0714. The number of nitrogens with one attached hydrogen (secondary N) is 1. The lowest BCUT2D eigenvalue weighted by atomic mass is 10.2. The topological polar surface area (TPSA) is 29.1 Å². The number of carbonyl (C=O) groups is 1. The molecule has 0 heterocycles. The van der Waals surface area contributed by atoms with Crippen LogP contribution in [-0.4, -0.2) is 5.91 Å². The summed E-state index contributed by atoms with van der Waals surface area (Å²) >= 11 is 5.32. The van der Waals surface area contributed by atoms with Crippen molar-refractivity contribution in [1.82, 2.24) is 5.32 Å². The van der Waals surface area contributed by atoms with E-state index in [0.717, 1.165) is 10.0 Å². The maximum absolute atomic E-state index is 13.6. The van der Waals surface area contributed by atoms with Gasteiger partial charge in [0, 0.05) is 14.6 Å². The van der Waals surface area contributed by atoms with Crippen LogP contribution in [0.4, 0.5) is 4.39 Å². The van der Waals surface area contributed by atoms with Crippen molar-refractivity contribution in [3.8, 4) is 0 Å². The van der Waals surface area contributed by atoms with Crippen molar-refractivity contribution in [2.45, 2.75) is 6.54 Å². The highest BCUT2D eigenvalue weighted by molar-refractivity contribution is 14.1. The van der Waals surface area contributed by atoms with Crippen LogP contribution in [0.2, 0.25) is 0 Å². The molecule has 0 saturated heterocycles. The minimum atomic E-state index is -0.501. The Bertz CT molecular complexity index is 598. The molecule has 0 saturated carbocycles. The van der Waals surface area contributed by atoms with Crippen molar-refractivity contribution >= 4 is 44.4 Å². The highest BCUT2D eigenvalue weighted by Crippen LogP contribution is 2.16. The van der Waals surface area contributed by atoms with Gasteiger partial charge in [-0.15, -0.1) is 0 Å². The molecule has 0 aliphatic heterocycles. The molecule has 0 aliphatic carbocycles. The minimum absolute atomic E-state index is 0.0955. The second kappa shape index (κ2) is 6.47. The molecule has 1 amide bonds. The predicted octanol–water partition coefficient (Wildman–Crippen LogP) is 4.12. The SMILES string of the molecule is O=C(NCc1cccc(Br)c1)c1c(F)cccc1I. The first-order valence-electron chi connectivity index (χ1n) is 5.54. The smallest absolute Gasteiger partial charge is 0.255 e. The van der Waals surface area contributed by atoms with E-state index in [-0.39, 0.29) is 5.56 Å². The van der Waals surface area contributed by atoms with Gasteiger partial charge in [0.2, 0.25) is 0 Å². The third-order valence-corrected chi connectivity index (χ3v) is 3.92. The molecule has 0 unspecified atom stereocenters. The summed E-state index contributed by atoms with van der Waals surface area (Å²) in [7, 11) is 0. The van der Waals surface area contributed by atoms with Crippen molar-refractivity contribution in [3.63, 3.8) is 0 Å². The highest BCUT2D eigenvalue weighted by Gasteiger charge is 2.14. The summed E-state index contributed by atoms with van der Waals surface area (Å²) < 4.78 is 15.2. The van der Waals surface area contributed by atoms with E-state index in [2.05, 4.69) is 21.2 Å². The van der Waals surface area contributed by atoms with E-state index >= 15 is 0 Å². The first-order chi connectivity index (χ1) is 9.08. The zero-order valence-electron chi connectivity index (χ0n) is 9.79. The Morgan fingerprint density at radius 3 is 2.68 bits per heavy atom. The van der Waals surface area contributed by atoms with Crippen molar-refractivity contribution < 1.29 is 9.18 Å². The summed E-state index contributed by atoms with van der Waals surface area (Å²) in [6.45, 7) is 0.364. The number of hydrogen-bond donors (Lipinski definition) is 1. The van der Waals surface area contributed by atoms with E-state index in [0.29, 0.717) is 10.1 Å². The maximum Gasteiger partial charge on any atom is 0.255 e. The summed E-state index contributed by atoms with van der Waals surface area (Å²) in [4.78, 5) is 12.0. The quantitative estimate of drug-likeness (QED) is 0.724. The number of rotatable bonds is 3. The standard InChI is InChI=1S/C14H10BrFINO/c15-10-4-1-3-9(7-10)8-18-14(19)13-11(16)5-2-6-12(13)17/h1-7H,8H2,(H,18,19). The monoisotopic (exact) mass is 433 g/mol. The first-order valence-corrected chi connectivity index (χ1v) is 7.42. The van der Waals surface area contributed by atoms with Crippen LogP contribution < -0.4 is 5.32 Å². The third-order valence-electron chi connectivity index (χ3n) is 2.53. The molecule has 0 atom stereocenters. The van der Waals surface area contributed by atoms with Crippen LogP contribution in [0.1, 0.15) is 15.9 Å². The molecule has 0 fully saturated rings. The van der Waals surface area contributed by atoms with Crippen molar-refractivity contribution in [2.24, 2.45) is 0 Å². The summed E-state index contributed by atoms with van der Waals surface area (Å²) in [6, 6.07) is 12.2. The van der Waals surface area contributed by atoms with Crippen molar-refractivity contribution in [2.75, 3.05) is 0 Å². The molecule has 0 spiro atoms. The van der Waals surface area contributed by atoms with Gasteiger partial charge in [-0.05, 0) is 52.4 Å². The fourth-order valence-corrected chi connectivity index (χ4v) is 2.79. The summed E-state index contributed by atoms with van der Waals surface area (Å²) in [5.41, 5.74) is 1.05. The van der Waals surface area contributed by atoms with Gasteiger partial charge in [0.1, 0.15) is 5.82 Å². The Hall–Kier alpha value is -0.950. The number of benzene rings is 2. The molecule has 2 aromatic carbocycles. The Labute approximate surface area is 132 Å². The Morgan fingerprint density at radius 1 is 1.26 bits per heavy atom. The van der Waals surface area contributed by atoms with Gasteiger partial charge in [-0.25, -0.2) is 4.39 Å². The molecular formula is C14H10BrFINO. The van der Waals surface area contributed by atoms with E-state index in [1.54, 1.807) is 12.1 Å². The van der Waals surface area contributed by atoms with Crippen LogP contribution in [-0.2, 0) is 6.54 Å².